The highest BCUT2D eigenvalue weighted by Gasteiger charge is 2.17. The van der Waals surface area contributed by atoms with Crippen molar-refractivity contribution in [3.8, 4) is 0 Å². The highest BCUT2D eigenvalue weighted by Crippen LogP contribution is 2.20. The summed E-state index contributed by atoms with van der Waals surface area (Å²) in [6.45, 7) is 3.57. The largest absolute Gasteiger partial charge is 0.478 e. The summed E-state index contributed by atoms with van der Waals surface area (Å²) in [7, 11) is -3.79. The number of aromatic nitrogens is 1. The van der Waals surface area contributed by atoms with Gasteiger partial charge < -0.3 is 5.11 Å². The molecule has 21 heavy (non-hydrogen) atoms. The smallest absolute Gasteiger partial charge is 0.337 e. The Kier molecular flexibility index (Phi) is 3.95. The zero-order chi connectivity index (χ0) is 15.6. The molecule has 1 aromatic heterocycles. The van der Waals surface area contributed by atoms with Gasteiger partial charge >= 0.3 is 5.97 Å². The minimum absolute atomic E-state index is 0.0872. The molecule has 0 aliphatic rings. The van der Waals surface area contributed by atoms with Gasteiger partial charge in [0.2, 0.25) is 0 Å². The van der Waals surface area contributed by atoms with Crippen molar-refractivity contribution >= 4 is 21.7 Å². The highest BCUT2D eigenvalue weighted by molar-refractivity contribution is 7.92. The van der Waals surface area contributed by atoms with Crippen LogP contribution >= 0.6 is 0 Å². The summed E-state index contributed by atoms with van der Waals surface area (Å²) in [6.07, 6.45) is 2.41. The van der Waals surface area contributed by atoms with Crippen molar-refractivity contribution in [2.24, 2.45) is 0 Å². The number of pyridine rings is 1. The molecule has 0 aliphatic heterocycles. The molecule has 0 bridgehead atoms. The van der Waals surface area contributed by atoms with E-state index in [0.717, 1.165) is 11.8 Å². The summed E-state index contributed by atoms with van der Waals surface area (Å²) in [6, 6.07) is 6.20. The fourth-order valence-corrected chi connectivity index (χ4v) is 3.19. The first-order valence-electron chi connectivity index (χ1n) is 6.08. The third-order valence-corrected chi connectivity index (χ3v) is 4.40. The minimum atomic E-state index is -3.79. The second-order valence-corrected chi connectivity index (χ2v) is 6.29. The van der Waals surface area contributed by atoms with Gasteiger partial charge in [-0.25, -0.2) is 13.2 Å². The van der Waals surface area contributed by atoms with Crippen LogP contribution in [0.15, 0.2) is 41.6 Å². The van der Waals surface area contributed by atoms with Gasteiger partial charge in [0.25, 0.3) is 10.0 Å². The summed E-state index contributed by atoms with van der Waals surface area (Å²) in [5.74, 6) is -1.17. The molecule has 2 N–H and O–H groups in total. The SMILES string of the molecule is Cc1ccc(S(=O)(=O)Nc2cncc(C(=O)O)c2)c(C)c1. The molecule has 0 aliphatic carbocycles. The summed E-state index contributed by atoms with van der Waals surface area (Å²) in [5, 5.41) is 8.88. The van der Waals surface area contributed by atoms with E-state index in [0.29, 0.717) is 5.56 Å². The van der Waals surface area contributed by atoms with Crippen LogP contribution in [-0.4, -0.2) is 24.5 Å². The van der Waals surface area contributed by atoms with E-state index in [-0.39, 0.29) is 16.1 Å². The van der Waals surface area contributed by atoms with Gasteiger partial charge in [-0.1, -0.05) is 17.7 Å². The van der Waals surface area contributed by atoms with E-state index in [9.17, 15) is 13.2 Å². The molecule has 0 atom stereocenters. The average molecular weight is 306 g/mol. The standard InChI is InChI=1S/C14H14N2O4S/c1-9-3-4-13(10(2)5-9)21(19,20)16-12-6-11(14(17)18)7-15-8-12/h3-8,16H,1-2H3,(H,17,18). The molecule has 110 valence electrons. The first kappa shape index (κ1) is 15.0. The molecular weight excluding hydrogens is 292 g/mol. The lowest BCUT2D eigenvalue weighted by Crippen LogP contribution is -2.15. The number of nitrogens with one attached hydrogen (secondary N) is 1. The van der Waals surface area contributed by atoms with E-state index < -0.39 is 16.0 Å². The van der Waals surface area contributed by atoms with Gasteiger partial charge in [-0.2, -0.15) is 0 Å². The lowest BCUT2D eigenvalue weighted by atomic mass is 10.2. The Balaban J connectivity index is 2.37. The highest BCUT2D eigenvalue weighted by atomic mass is 32.2. The number of hydrogen-bond donors (Lipinski definition) is 2. The summed E-state index contributed by atoms with van der Waals surface area (Å²) < 4.78 is 27.0. The summed E-state index contributed by atoms with van der Waals surface area (Å²) in [4.78, 5) is 14.7. The van der Waals surface area contributed by atoms with Gasteiger partial charge in [0.1, 0.15) is 0 Å². The van der Waals surface area contributed by atoms with Crippen LogP contribution in [0.3, 0.4) is 0 Å². The van der Waals surface area contributed by atoms with Crippen LogP contribution in [0.25, 0.3) is 0 Å². The number of aromatic carboxylic acids is 1. The molecule has 0 spiro atoms. The molecular formula is C14H14N2O4S. The van der Waals surface area contributed by atoms with E-state index in [2.05, 4.69) is 9.71 Å². The normalized spacial score (nSPS) is 11.1. The zero-order valence-electron chi connectivity index (χ0n) is 11.5. The number of benzene rings is 1. The molecule has 1 heterocycles. The molecule has 7 heteroatoms. The van der Waals surface area contributed by atoms with E-state index in [1.165, 1.54) is 18.3 Å². The molecule has 1 aromatic carbocycles. The molecule has 6 nitrogen and oxygen atoms in total. The molecule has 0 saturated heterocycles. The zero-order valence-corrected chi connectivity index (χ0v) is 12.3. The van der Waals surface area contributed by atoms with Gasteiger partial charge in [-0.3, -0.25) is 9.71 Å². The molecule has 2 aromatic rings. The molecule has 0 amide bonds. The van der Waals surface area contributed by atoms with Crippen LogP contribution in [0.5, 0.6) is 0 Å². The number of hydrogen-bond acceptors (Lipinski definition) is 4. The lowest BCUT2D eigenvalue weighted by molar-refractivity contribution is 0.0696. The predicted molar refractivity (Wildman–Crippen MR) is 77.9 cm³/mol. The summed E-state index contributed by atoms with van der Waals surface area (Å²) >= 11 is 0. The van der Waals surface area contributed by atoms with Crippen LogP contribution < -0.4 is 4.72 Å². The molecule has 0 unspecified atom stereocenters. The minimum Gasteiger partial charge on any atom is -0.478 e. The van der Waals surface area contributed by atoms with Crippen LogP contribution in [0.1, 0.15) is 21.5 Å². The third-order valence-electron chi connectivity index (χ3n) is 2.86. The van der Waals surface area contributed by atoms with Crippen molar-refractivity contribution in [2.75, 3.05) is 4.72 Å². The number of sulfonamides is 1. The fraction of sp³-hybridized carbons (Fsp3) is 0.143. The van der Waals surface area contributed by atoms with Crippen LogP contribution in [0.4, 0.5) is 5.69 Å². The topological polar surface area (TPSA) is 96.4 Å². The van der Waals surface area contributed by atoms with E-state index in [1.54, 1.807) is 19.1 Å². The van der Waals surface area contributed by atoms with Gasteiger partial charge in [0.05, 0.1) is 22.3 Å². The van der Waals surface area contributed by atoms with Crippen molar-refractivity contribution < 1.29 is 18.3 Å². The Morgan fingerprint density at radius 3 is 2.52 bits per heavy atom. The quantitative estimate of drug-likeness (QED) is 0.902. The number of rotatable bonds is 4. The predicted octanol–water partition coefficient (Wildman–Crippen LogP) is 2.20. The van der Waals surface area contributed by atoms with Crippen molar-refractivity contribution in [1.82, 2.24) is 4.98 Å². The Morgan fingerprint density at radius 1 is 1.19 bits per heavy atom. The first-order valence-corrected chi connectivity index (χ1v) is 7.56. The second-order valence-electron chi connectivity index (χ2n) is 4.64. The monoisotopic (exact) mass is 306 g/mol. The molecule has 0 radical (unpaired) electrons. The Bertz CT molecular complexity index is 800. The lowest BCUT2D eigenvalue weighted by Gasteiger charge is -2.11. The number of nitrogens with zero attached hydrogens (tertiary/aromatic N) is 1. The van der Waals surface area contributed by atoms with Crippen molar-refractivity contribution in [3.05, 3.63) is 53.3 Å². The first-order chi connectivity index (χ1) is 9.79. The molecule has 0 fully saturated rings. The second kappa shape index (κ2) is 5.53. The molecule has 0 saturated carbocycles. The number of anilines is 1. The number of carbonyl (C=O) groups is 1. The number of carboxylic acids is 1. The van der Waals surface area contributed by atoms with Crippen LogP contribution in [-0.2, 0) is 10.0 Å². The van der Waals surface area contributed by atoms with E-state index in [4.69, 9.17) is 5.11 Å². The van der Waals surface area contributed by atoms with Gasteiger partial charge in [0, 0.05) is 6.20 Å². The fourth-order valence-electron chi connectivity index (χ4n) is 1.92. The Labute approximate surface area is 122 Å². The van der Waals surface area contributed by atoms with Gasteiger partial charge in [-0.15, -0.1) is 0 Å². The van der Waals surface area contributed by atoms with Crippen LogP contribution in [0.2, 0.25) is 0 Å². The maximum Gasteiger partial charge on any atom is 0.337 e. The Hall–Kier alpha value is -2.41. The summed E-state index contributed by atoms with van der Waals surface area (Å²) in [5.41, 5.74) is 1.59. The van der Waals surface area contributed by atoms with Crippen molar-refractivity contribution in [2.45, 2.75) is 18.7 Å². The number of carboxylic acid groups (broad SMARTS) is 1. The van der Waals surface area contributed by atoms with Crippen molar-refractivity contribution in [1.29, 1.82) is 0 Å². The number of aryl methyl sites for hydroxylation is 2. The van der Waals surface area contributed by atoms with Gasteiger partial charge in [-0.05, 0) is 31.5 Å². The Morgan fingerprint density at radius 2 is 1.90 bits per heavy atom. The third kappa shape index (κ3) is 3.38. The average Bonchev–Trinajstić information content (AvgIpc) is 2.37. The maximum atomic E-state index is 12.3. The van der Waals surface area contributed by atoms with Gasteiger partial charge in [0.15, 0.2) is 0 Å². The maximum absolute atomic E-state index is 12.3. The van der Waals surface area contributed by atoms with Crippen molar-refractivity contribution in [3.63, 3.8) is 0 Å². The van der Waals surface area contributed by atoms with E-state index >= 15 is 0 Å². The molecule has 2 rings (SSSR count). The van der Waals surface area contributed by atoms with E-state index in [1.807, 2.05) is 6.92 Å². The van der Waals surface area contributed by atoms with Crippen LogP contribution in [0, 0.1) is 13.8 Å².